The number of fused-ring (bicyclic) bond motifs is 1. The van der Waals surface area contributed by atoms with Crippen molar-refractivity contribution in [2.45, 2.75) is 77.1 Å². The van der Waals surface area contributed by atoms with Crippen molar-refractivity contribution in [2.24, 2.45) is 5.92 Å². The minimum Gasteiger partial charge on any atom is -0.378 e. The third-order valence-corrected chi connectivity index (χ3v) is 5.73. The van der Waals surface area contributed by atoms with E-state index in [0.29, 0.717) is 6.10 Å². The summed E-state index contributed by atoms with van der Waals surface area (Å²) >= 11 is 0. The SMILES string of the molecule is CCOC1CC(N2CC3CCCCN3CC2C(C)C)C1. The molecule has 3 rings (SSSR count). The fraction of sp³-hybridized carbons (Fsp3) is 1.00. The molecule has 2 aliphatic heterocycles. The van der Waals surface area contributed by atoms with E-state index in [1.54, 1.807) is 0 Å². The number of piperazine rings is 1. The van der Waals surface area contributed by atoms with Gasteiger partial charge in [-0.1, -0.05) is 20.3 Å². The monoisotopic (exact) mass is 280 g/mol. The molecule has 3 nitrogen and oxygen atoms in total. The van der Waals surface area contributed by atoms with Crippen molar-refractivity contribution >= 4 is 0 Å². The van der Waals surface area contributed by atoms with Crippen molar-refractivity contribution in [3.63, 3.8) is 0 Å². The smallest absolute Gasteiger partial charge is 0.0604 e. The van der Waals surface area contributed by atoms with Gasteiger partial charge in [0.2, 0.25) is 0 Å². The van der Waals surface area contributed by atoms with Crippen LogP contribution in [0.15, 0.2) is 0 Å². The van der Waals surface area contributed by atoms with Crippen molar-refractivity contribution in [3.8, 4) is 0 Å². The topological polar surface area (TPSA) is 15.7 Å². The molecular weight excluding hydrogens is 248 g/mol. The lowest BCUT2D eigenvalue weighted by molar-refractivity contribution is -0.0969. The van der Waals surface area contributed by atoms with Gasteiger partial charge in [0.05, 0.1) is 6.10 Å². The molecule has 2 saturated heterocycles. The third-order valence-electron chi connectivity index (χ3n) is 5.73. The van der Waals surface area contributed by atoms with Crippen LogP contribution in [0.5, 0.6) is 0 Å². The molecule has 2 heterocycles. The number of hydrogen-bond acceptors (Lipinski definition) is 3. The summed E-state index contributed by atoms with van der Waals surface area (Å²) in [4.78, 5) is 5.63. The van der Waals surface area contributed by atoms with Crippen LogP contribution in [0.2, 0.25) is 0 Å². The Morgan fingerprint density at radius 3 is 2.60 bits per heavy atom. The molecule has 1 aliphatic carbocycles. The van der Waals surface area contributed by atoms with Gasteiger partial charge in [0.15, 0.2) is 0 Å². The van der Waals surface area contributed by atoms with Gasteiger partial charge in [-0.05, 0) is 45.1 Å². The summed E-state index contributed by atoms with van der Waals surface area (Å²) in [7, 11) is 0. The van der Waals surface area contributed by atoms with Crippen LogP contribution in [-0.4, -0.2) is 60.3 Å². The average Bonchev–Trinajstić information content (AvgIpc) is 2.41. The van der Waals surface area contributed by atoms with E-state index in [9.17, 15) is 0 Å². The molecule has 0 spiro atoms. The molecule has 0 aromatic rings. The molecular formula is C17H32N2O. The van der Waals surface area contributed by atoms with Gasteiger partial charge in [0.25, 0.3) is 0 Å². The number of nitrogens with zero attached hydrogens (tertiary/aromatic N) is 2. The van der Waals surface area contributed by atoms with Crippen molar-refractivity contribution in [2.75, 3.05) is 26.2 Å². The Bertz CT molecular complexity index is 314. The quantitative estimate of drug-likeness (QED) is 0.787. The van der Waals surface area contributed by atoms with Crippen molar-refractivity contribution in [3.05, 3.63) is 0 Å². The Balaban J connectivity index is 1.62. The molecule has 3 heteroatoms. The van der Waals surface area contributed by atoms with E-state index in [2.05, 4.69) is 30.6 Å². The molecule has 3 fully saturated rings. The van der Waals surface area contributed by atoms with E-state index >= 15 is 0 Å². The Labute approximate surface area is 124 Å². The summed E-state index contributed by atoms with van der Waals surface area (Å²) < 4.78 is 5.76. The molecule has 0 amide bonds. The van der Waals surface area contributed by atoms with Crippen LogP contribution in [0, 0.1) is 5.92 Å². The Morgan fingerprint density at radius 2 is 1.90 bits per heavy atom. The first-order valence-electron chi connectivity index (χ1n) is 8.80. The average molecular weight is 280 g/mol. The molecule has 0 aromatic carbocycles. The maximum atomic E-state index is 5.76. The maximum Gasteiger partial charge on any atom is 0.0604 e. The first-order chi connectivity index (χ1) is 9.69. The summed E-state index contributed by atoms with van der Waals surface area (Å²) in [5.41, 5.74) is 0. The number of piperidine rings is 1. The highest BCUT2D eigenvalue weighted by Crippen LogP contribution is 2.35. The second-order valence-electron chi connectivity index (χ2n) is 7.36. The van der Waals surface area contributed by atoms with E-state index in [1.807, 2.05) is 0 Å². The summed E-state index contributed by atoms with van der Waals surface area (Å²) in [5.74, 6) is 0.768. The summed E-state index contributed by atoms with van der Waals surface area (Å²) in [5, 5.41) is 0. The number of hydrogen-bond donors (Lipinski definition) is 0. The zero-order valence-corrected chi connectivity index (χ0v) is 13.6. The Hall–Kier alpha value is -0.120. The molecule has 2 unspecified atom stereocenters. The van der Waals surface area contributed by atoms with E-state index in [1.165, 1.54) is 51.7 Å². The van der Waals surface area contributed by atoms with Crippen molar-refractivity contribution < 1.29 is 4.74 Å². The minimum absolute atomic E-state index is 0.544. The molecule has 0 aromatic heterocycles. The molecule has 20 heavy (non-hydrogen) atoms. The van der Waals surface area contributed by atoms with Gasteiger partial charge in [-0.25, -0.2) is 0 Å². The van der Waals surface area contributed by atoms with Crippen LogP contribution in [0.3, 0.4) is 0 Å². The van der Waals surface area contributed by atoms with Crippen molar-refractivity contribution in [1.82, 2.24) is 9.80 Å². The van der Waals surface area contributed by atoms with E-state index < -0.39 is 0 Å². The highest BCUT2D eigenvalue weighted by Gasteiger charge is 2.43. The third kappa shape index (κ3) is 2.90. The first kappa shape index (κ1) is 14.8. The van der Waals surface area contributed by atoms with E-state index in [0.717, 1.165) is 30.7 Å². The largest absolute Gasteiger partial charge is 0.378 e. The second-order valence-corrected chi connectivity index (χ2v) is 7.36. The van der Waals surface area contributed by atoms with E-state index in [-0.39, 0.29) is 0 Å². The summed E-state index contributed by atoms with van der Waals surface area (Å²) in [6.45, 7) is 11.8. The predicted octanol–water partition coefficient (Wildman–Crippen LogP) is 2.75. The lowest BCUT2D eigenvalue weighted by Crippen LogP contribution is -2.65. The number of rotatable bonds is 4. The minimum atomic E-state index is 0.544. The van der Waals surface area contributed by atoms with Crippen LogP contribution in [-0.2, 0) is 4.74 Å². The maximum absolute atomic E-state index is 5.76. The summed E-state index contributed by atoms with van der Waals surface area (Å²) in [6.07, 6.45) is 7.35. The molecule has 3 aliphatic rings. The van der Waals surface area contributed by atoms with Gasteiger partial charge in [0.1, 0.15) is 0 Å². The fourth-order valence-corrected chi connectivity index (χ4v) is 4.43. The molecule has 0 bridgehead atoms. The normalized spacial score (nSPS) is 39.6. The van der Waals surface area contributed by atoms with Gasteiger partial charge in [-0.3, -0.25) is 9.80 Å². The first-order valence-corrected chi connectivity index (χ1v) is 8.80. The van der Waals surface area contributed by atoms with Gasteiger partial charge >= 0.3 is 0 Å². The highest BCUT2D eigenvalue weighted by atomic mass is 16.5. The highest BCUT2D eigenvalue weighted by molar-refractivity contribution is 4.98. The number of ether oxygens (including phenoxy) is 1. The van der Waals surface area contributed by atoms with Crippen LogP contribution in [0.25, 0.3) is 0 Å². The van der Waals surface area contributed by atoms with Crippen LogP contribution >= 0.6 is 0 Å². The van der Waals surface area contributed by atoms with Crippen molar-refractivity contribution in [1.29, 1.82) is 0 Å². The standard InChI is InChI=1S/C17H32N2O/c1-4-20-16-9-15(10-16)19-11-14-7-5-6-8-18(14)12-17(19)13(2)3/h13-17H,4-12H2,1-3H3. The second kappa shape index (κ2) is 6.33. The molecule has 2 atom stereocenters. The Morgan fingerprint density at radius 1 is 1.10 bits per heavy atom. The zero-order valence-electron chi connectivity index (χ0n) is 13.6. The zero-order chi connectivity index (χ0) is 14.1. The van der Waals surface area contributed by atoms with Gasteiger partial charge < -0.3 is 4.74 Å². The lowest BCUT2D eigenvalue weighted by atomic mass is 9.82. The van der Waals surface area contributed by atoms with Gasteiger partial charge in [-0.15, -0.1) is 0 Å². The predicted molar refractivity (Wildman–Crippen MR) is 83.0 cm³/mol. The molecule has 0 radical (unpaired) electrons. The van der Waals surface area contributed by atoms with Gasteiger partial charge in [0, 0.05) is 37.8 Å². The van der Waals surface area contributed by atoms with Gasteiger partial charge in [-0.2, -0.15) is 0 Å². The summed E-state index contributed by atoms with van der Waals surface area (Å²) in [6, 6.07) is 2.39. The van der Waals surface area contributed by atoms with Crippen LogP contribution in [0.4, 0.5) is 0 Å². The molecule has 1 saturated carbocycles. The fourth-order valence-electron chi connectivity index (χ4n) is 4.43. The molecule has 0 N–H and O–H groups in total. The Kier molecular flexibility index (Phi) is 4.68. The lowest BCUT2D eigenvalue weighted by Gasteiger charge is -2.55. The van der Waals surface area contributed by atoms with Crippen LogP contribution in [0.1, 0.15) is 52.9 Å². The van der Waals surface area contributed by atoms with E-state index in [4.69, 9.17) is 4.74 Å². The molecule has 116 valence electrons. The van der Waals surface area contributed by atoms with Crippen LogP contribution < -0.4 is 0 Å².